The monoisotopic (exact) mass is 447 g/mol. The smallest absolute Gasteiger partial charge is 0.262 e. The van der Waals surface area contributed by atoms with Crippen LogP contribution >= 0.6 is 0 Å². The number of ether oxygens (including phenoxy) is 1. The summed E-state index contributed by atoms with van der Waals surface area (Å²) < 4.78 is 33.9. The Kier molecular flexibility index (Phi) is 5.79. The SMILES string of the molecule is COc1ccccc1NS(=O)(=O)c1cc(C(=O)Nc2cccc3cccnc23)ccc1C. The molecule has 1 aromatic heterocycles. The third kappa shape index (κ3) is 4.26. The maximum absolute atomic E-state index is 13.1. The zero-order valence-corrected chi connectivity index (χ0v) is 18.3. The molecule has 0 unspecified atom stereocenters. The summed E-state index contributed by atoms with van der Waals surface area (Å²) in [6, 6.07) is 20.5. The van der Waals surface area contributed by atoms with Gasteiger partial charge in [-0.2, -0.15) is 0 Å². The Bertz CT molecular complexity index is 1410. The van der Waals surface area contributed by atoms with Crippen LogP contribution in [0.2, 0.25) is 0 Å². The molecular formula is C24H21N3O4S. The number of carbonyl (C=O) groups is 1. The highest BCUT2D eigenvalue weighted by Crippen LogP contribution is 2.28. The number of nitrogens with one attached hydrogen (secondary N) is 2. The van der Waals surface area contributed by atoms with E-state index in [4.69, 9.17) is 4.74 Å². The molecular weight excluding hydrogens is 426 g/mol. The number of anilines is 2. The number of aromatic nitrogens is 1. The van der Waals surface area contributed by atoms with Crippen molar-refractivity contribution in [2.75, 3.05) is 17.1 Å². The standard InChI is InChI=1S/C24H21N3O4S/c1-16-12-13-18(24(28)26-20-10-5-7-17-8-6-14-25-23(17)20)15-22(16)32(29,30)27-19-9-3-4-11-21(19)31-2/h3-15,27H,1-2H3,(H,26,28). The Balaban J connectivity index is 1.65. The zero-order chi connectivity index (χ0) is 22.7. The van der Waals surface area contributed by atoms with E-state index in [1.165, 1.54) is 13.2 Å². The van der Waals surface area contributed by atoms with Gasteiger partial charge >= 0.3 is 0 Å². The number of carbonyl (C=O) groups excluding carboxylic acids is 1. The van der Waals surface area contributed by atoms with Crippen LogP contribution < -0.4 is 14.8 Å². The van der Waals surface area contributed by atoms with Crippen molar-refractivity contribution in [2.45, 2.75) is 11.8 Å². The van der Waals surface area contributed by atoms with Gasteiger partial charge in [0, 0.05) is 17.1 Å². The molecule has 0 aliphatic heterocycles. The Hall–Kier alpha value is -3.91. The molecule has 1 amide bonds. The first-order chi connectivity index (χ1) is 15.4. The summed E-state index contributed by atoms with van der Waals surface area (Å²) >= 11 is 0. The summed E-state index contributed by atoms with van der Waals surface area (Å²) in [6.45, 7) is 1.67. The van der Waals surface area contributed by atoms with Crippen LogP contribution in [0.5, 0.6) is 5.75 Å². The summed E-state index contributed by atoms with van der Waals surface area (Å²) in [7, 11) is -2.50. The molecule has 1 heterocycles. The first-order valence-electron chi connectivity index (χ1n) is 9.80. The van der Waals surface area contributed by atoms with Crippen LogP contribution in [0.15, 0.2) is 83.9 Å². The lowest BCUT2D eigenvalue weighted by Crippen LogP contribution is -2.17. The molecule has 0 fully saturated rings. The number of hydrogen-bond acceptors (Lipinski definition) is 5. The maximum atomic E-state index is 13.1. The van der Waals surface area contributed by atoms with Gasteiger partial charge in [0.25, 0.3) is 15.9 Å². The molecule has 3 aromatic carbocycles. The Morgan fingerprint density at radius 1 is 0.938 bits per heavy atom. The van der Waals surface area contributed by atoms with E-state index in [1.54, 1.807) is 55.6 Å². The van der Waals surface area contributed by atoms with Crippen molar-refractivity contribution in [1.82, 2.24) is 4.98 Å². The van der Waals surface area contributed by atoms with E-state index in [0.717, 1.165) is 5.39 Å². The number of nitrogens with zero attached hydrogens (tertiary/aromatic N) is 1. The Morgan fingerprint density at radius 2 is 1.69 bits per heavy atom. The molecule has 32 heavy (non-hydrogen) atoms. The van der Waals surface area contributed by atoms with E-state index in [0.29, 0.717) is 28.2 Å². The van der Waals surface area contributed by atoms with E-state index >= 15 is 0 Å². The van der Waals surface area contributed by atoms with E-state index in [1.807, 2.05) is 24.3 Å². The van der Waals surface area contributed by atoms with Crippen molar-refractivity contribution in [3.05, 3.63) is 90.1 Å². The van der Waals surface area contributed by atoms with Crippen molar-refractivity contribution in [2.24, 2.45) is 0 Å². The third-order valence-electron chi connectivity index (χ3n) is 4.97. The lowest BCUT2D eigenvalue weighted by Gasteiger charge is -2.14. The summed E-state index contributed by atoms with van der Waals surface area (Å²) in [6.07, 6.45) is 1.65. The maximum Gasteiger partial charge on any atom is 0.262 e. The normalized spacial score (nSPS) is 11.2. The first-order valence-corrected chi connectivity index (χ1v) is 11.3. The number of benzene rings is 3. The van der Waals surface area contributed by atoms with Gasteiger partial charge in [0.2, 0.25) is 0 Å². The second kappa shape index (κ2) is 8.68. The number of fused-ring (bicyclic) bond motifs is 1. The van der Waals surface area contributed by atoms with Gasteiger partial charge in [-0.25, -0.2) is 8.42 Å². The molecule has 0 saturated heterocycles. The fourth-order valence-corrected chi connectivity index (χ4v) is 4.70. The van der Waals surface area contributed by atoms with Gasteiger partial charge in [0.15, 0.2) is 0 Å². The number of hydrogen-bond donors (Lipinski definition) is 2. The number of para-hydroxylation sites is 3. The van der Waals surface area contributed by atoms with Crippen molar-refractivity contribution in [3.63, 3.8) is 0 Å². The van der Waals surface area contributed by atoms with Crippen LogP contribution in [0.1, 0.15) is 15.9 Å². The molecule has 8 heteroatoms. The van der Waals surface area contributed by atoms with Crippen molar-refractivity contribution in [1.29, 1.82) is 0 Å². The van der Waals surface area contributed by atoms with Crippen LogP contribution in [0, 0.1) is 6.92 Å². The topological polar surface area (TPSA) is 97.4 Å². The molecule has 0 bridgehead atoms. The lowest BCUT2D eigenvalue weighted by molar-refractivity contribution is 0.102. The number of aryl methyl sites for hydroxylation is 1. The van der Waals surface area contributed by atoms with E-state index < -0.39 is 15.9 Å². The third-order valence-corrected chi connectivity index (χ3v) is 6.48. The highest BCUT2D eigenvalue weighted by molar-refractivity contribution is 7.92. The fraction of sp³-hybridized carbons (Fsp3) is 0.0833. The number of rotatable bonds is 6. The van der Waals surface area contributed by atoms with Crippen molar-refractivity contribution in [3.8, 4) is 5.75 Å². The fourth-order valence-electron chi connectivity index (χ4n) is 3.36. The van der Waals surface area contributed by atoms with Gasteiger partial charge < -0.3 is 10.1 Å². The minimum absolute atomic E-state index is 0.00657. The molecule has 7 nitrogen and oxygen atoms in total. The van der Waals surface area contributed by atoms with E-state index in [-0.39, 0.29) is 10.5 Å². The summed E-state index contributed by atoms with van der Waals surface area (Å²) in [4.78, 5) is 17.3. The highest BCUT2D eigenvalue weighted by atomic mass is 32.2. The van der Waals surface area contributed by atoms with Crippen LogP contribution in [0.3, 0.4) is 0 Å². The van der Waals surface area contributed by atoms with Gasteiger partial charge in [0.05, 0.1) is 28.9 Å². The second-order valence-corrected chi connectivity index (χ2v) is 8.77. The minimum Gasteiger partial charge on any atom is -0.495 e. The van der Waals surface area contributed by atoms with E-state index in [2.05, 4.69) is 15.0 Å². The molecule has 0 spiro atoms. The molecule has 0 aliphatic rings. The number of methoxy groups -OCH3 is 1. The molecule has 4 rings (SSSR count). The molecule has 0 saturated carbocycles. The molecule has 4 aromatic rings. The molecule has 0 aliphatic carbocycles. The van der Waals surface area contributed by atoms with Gasteiger partial charge in [-0.3, -0.25) is 14.5 Å². The van der Waals surface area contributed by atoms with Gasteiger partial charge in [-0.15, -0.1) is 0 Å². The van der Waals surface area contributed by atoms with Crippen LogP contribution in [0.4, 0.5) is 11.4 Å². The number of sulfonamides is 1. The Morgan fingerprint density at radius 3 is 2.50 bits per heavy atom. The van der Waals surface area contributed by atoms with Gasteiger partial charge in [-0.05, 0) is 48.9 Å². The van der Waals surface area contributed by atoms with Crippen molar-refractivity contribution >= 4 is 38.2 Å². The van der Waals surface area contributed by atoms with Crippen LogP contribution in [-0.2, 0) is 10.0 Å². The second-order valence-electron chi connectivity index (χ2n) is 7.12. The first kappa shape index (κ1) is 21.3. The average Bonchev–Trinajstić information content (AvgIpc) is 2.79. The van der Waals surface area contributed by atoms with Crippen LogP contribution in [-0.4, -0.2) is 26.4 Å². The summed E-state index contributed by atoms with van der Waals surface area (Å²) in [5.74, 6) is -0.0389. The molecule has 0 atom stereocenters. The van der Waals surface area contributed by atoms with E-state index in [9.17, 15) is 13.2 Å². The average molecular weight is 448 g/mol. The predicted molar refractivity (Wildman–Crippen MR) is 125 cm³/mol. The highest BCUT2D eigenvalue weighted by Gasteiger charge is 2.21. The largest absolute Gasteiger partial charge is 0.495 e. The number of pyridine rings is 1. The summed E-state index contributed by atoms with van der Waals surface area (Å²) in [5.41, 5.74) is 2.23. The summed E-state index contributed by atoms with van der Waals surface area (Å²) in [5, 5.41) is 3.72. The molecule has 2 N–H and O–H groups in total. The minimum atomic E-state index is -3.96. The number of amides is 1. The van der Waals surface area contributed by atoms with Crippen molar-refractivity contribution < 1.29 is 17.9 Å². The van der Waals surface area contributed by atoms with Gasteiger partial charge in [0.1, 0.15) is 5.75 Å². The van der Waals surface area contributed by atoms with Crippen LogP contribution in [0.25, 0.3) is 10.9 Å². The Labute approximate surface area is 186 Å². The quantitative estimate of drug-likeness (QED) is 0.450. The lowest BCUT2D eigenvalue weighted by atomic mass is 10.1. The zero-order valence-electron chi connectivity index (χ0n) is 17.5. The van der Waals surface area contributed by atoms with Gasteiger partial charge in [-0.1, -0.05) is 36.4 Å². The molecule has 162 valence electrons. The molecule has 0 radical (unpaired) electrons. The predicted octanol–water partition coefficient (Wildman–Crippen LogP) is 4.60.